The van der Waals surface area contributed by atoms with Crippen molar-refractivity contribution < 1.29 is 9.21 Å². The van der Waals surface area contributed by atoms with Crippen molar-refractivity contribution in [3.8, 4) is 0 Å². The van der Waals surface area contributed by atoms with Crippen LogP contribution in [-0.4, -0.2) is 29.2 Å². The van der Waals surface area contributed by atoms with Gasteiger partial charge in [-0.05, 0) is 69.0 Å². The molecule has 1 atom stereocenters. The molecule has 0 aliphatic carbocycles. The molecule has 0 radical (unpaired) electrons. The Morgan fingerprint density at radius 2 is 2.04 bits per heavy atom. The summed E-state index contributed by atoms with van der Waals surface area (Å²) in [5.41, 5.74) is 8.56. The molecule has 1 aliphatic rings. The normalized spacial score (nSPS) is 18.3. The van der Waals surface area contributed by atoms with Gasteiger partial charge in [0, 0.05) is 6.54 Å². The number of hydrogen-bond acceptors (Lipinski definition) is 4. The number of carbonyl (C=O) groups is 1. The van der Waals surface area contributed by atoms with Crippen molar-refractivity contribution in [2.75, 3.05) is 6.54 Å². The minimum Gasteiger partial charge on any atom is -0.466 e. The number of rotatable bonds is 4. The zero-order valence-electron chi connectivity index (χ0n) is 16.0. The Hall–Kier alpha value is -2.96. The van der Waals surface area contributed by atoms with Gasteiger partial charge >= 0.3 is 0 Å². The summed E-state index contributed by atoms with van der Waals surface area (Å²) in [7, 11) is 0. The molecule has 7 heteroatoms. The third-order valence-electron chi connectivity index (χ3n) is 4.70. The first-order chi connectivity index (χ1) is 13.0. The van der Waals surface area contributed by atoms with Crippen molar-refractivity contribution >= 4 is 17.4 Å². The van der Waals surface area contributed by atoms with E-state index in [1.165, 1.54) is 0 Å². The summed E-state index contributed by atoms with van der Waals surface area (Å²) < 4.78 is 5.50. The van der Waals surface area contributed by atoms with Crippen LogP contribution >= 0.6 is 0 Å². The van der Waals surface area contributed by atoms with Crippen LogP contribution in [0.15, 0.2) is 50.2 Å². The summed E-state index contributed by atoms with van der Waals surface area (Å²) in [6.45, 7) is 6.26. The fourth-order valence-corrected chi connectivity index (χ4v) is 3.36. The Bertz CT molecular complexity index is 884. The first-order valence-electron chi connectivity index (χ1n) is 9.14. The minimum absolute atomic E-state index is 0.0807. The Morgan fingerprint density at radius 1 is 1.22 bits per heavy atom. The molecule has 2 N–H and O–H groups in total. The fraction of sp³-hybridized carbons (Fsp3) is 0.400. The third kappa shape index (κ3) is 4.42. The third-order valence-corrected chi connectivity index (χ3v) is 4.70. The molecule has 142 valence electrons. The Kier molecular flexibility index (Phi) is 5.69. The second-order valence-corrected chi connectivity index (χ2v) is 6.89. The van der Waals surface area contributed by atoms with Crippen molar-refractivity contribution in [2.45, 2.75) is 46.1 Å². The van der Waals surface area contributed by atoms with Crippen LogP contribution in [0.3, 0.4) is 0 Å². The molecule has 1 aliphatic heterocycles. The number of hydrogen-bond donors (Lipinski definition) is 1. The van der Waals surface area contributed by atoms with E-state index in [1.54, 1.807) is 17.9 Å². The maximum Gasteiger partial charge on any atom is 0.258 e. The SMILES string of the molecule is Cc1cccc(N=NN=C(N)C2CCCCN2C(=O)c2cc(C)oc2C)c1. The van der Waals surface area contributed by atoms with Crippen LogP contribution in [0.25, 0.3) is 0 Å². The molecule has 2 aromatic rings. The zero-order chi connectivity index (χ0) is 19.4. The number of carbonyl (C=O) groups excluding carboxylic acids is 1. The summed E-state index contributed by atoms with van der Waals surface area (Å²) in [6, 6.07) is 9.15. The van der Waals surface area contributed by atoms with Gasteiger partial charge in [0.1, 0.15) is 17.4 Å². The van der Waals surface area contributed by atoms with E-state index in [2.05, 4.69) is 15.4 Å². The molecule has 1 unspecified atom stereocenters. The van der Waals surface area contributed by atoms with Gasteiger partial charge in [0.15, 0.2) is 0 Å². The van der Waals surface area contributed by atoms with Crippen molar-refractivity contribution in [2.24, 2.45) is 21.2 Å². The van der Waals surface area contributed by atoms with Gasteiger partial charge in [-0.3, -0.25) is 4.79 Å². The summed E-state index contributed by atoms with van der Waals surface area (Å²) in [5, 5.41) is 12.0. The molecule has 0 saturated carbocycles. The number of amides is 1. The number of amidine groups is 1. The summed E-state index contributed by atoms with van der Waals surface area (Å²) in [6.07, 6.45) is 2.69. The van der Waals surface area contributed by atoms with Crippen molar-refractivity contribution in [3.05, 3.63) is 53.0 Å². The molecule has 0 bridgehead atoms. The second-order valence-electron chi connectivity index (χ2n) is 6.89. The largest absolute Gasteiger partial charge is 0.466 e. The lowest BCUT2D eigenvalue weighted by Crippen LogP contribution is -2.50. The summed E-state index contributed by atoms with van der Waals surface area (Å²) >= 11 is 0. The smallest absolute Gasteiger partial charge is 0.258 e. The van der Waals surface area contributed by atoms with Gasteiger partial charge in [0.25, 0.3) is 5.91 Å². The van der Waals surface area contributed by atoms with Gasteiger partial charge < -0.3 is 15.1 Å². The monoisotopic (exact) mass is 367 g/mol. The molecule has 27 heavy (non-hydrogen) atoms. The summed E-state index contributed by atoms with van der Waals surface area (Å²) in [4.78, 5) is 14.7. The van der Waals surface area contributed by atoms with Gasteiger partial charge in [-0.1, -0.05) is 12.1 Å². The van der Waals surface area contributed by atoms with Gasteiger partial charge in [-0.15, -0.1) is 10.2 Å². The standard InChI is InChI=1S/C20H25N5O2/c1-13-7-6-8-16(11-13)22-24-23-19(21)18-9-4-5-10-25(18)20(26)17-12-14(2)27-15(17)3/h6-8,11-12,18H,4-5,9-10H2,1-3H3,(H2,21,22,23). The van der Waals surface area contributed by atoms with Gasteiger partial charge in [0.05, 0.1) is 17.3 Å². The van der Waals surface area contributed by atoms with Gasteiger partial charge in [0.2, 0.25) is 0 Å². The maximum atomic E-state index is 13.0. The first kappa shape index (κ1) is 18.8. The van der Waals surface area contributed by atoms with Crippen LogP contribution in [0.5, 0.6) is 0 Å². The minimum atomic E-state index is -0.280. The molecule has 1 aromatic heterocycles. The number of likely N-dealkylation sites (tertiary alicyclic amines) is 1. The van der Waals surface area contributed by atoms with E-state index in [4.69, 9.17) is 10.2 Å². The van der Waals surface area contributed by atoms with Crippen molar-refractivity contribution in [1.29, 1.82) is 0 Å². The molecule has 1 saturated heterocycles. The van der Waals surface area contributed by atoms with Crippen LogP contribution < -0.4 is 5.73 Å². The number of nitrogens with two attached hydrogens (primary N) is 1. The van der Waals surface area contributed by atoms with Crippen LogP contribution in [0.1, 0.15) is 46.7 Å². The number of benzene rings is 1. The molecule has 2 heterocycles. The van der Waals surface area contributed by atoms with E-state index in [1.807, 2.05) is 38.1 Å². The molecule has 1 fully saturated rings. The van der Waals surface area contributed by atoms with E-state index in [0.29, 0.717) is 29.4 Å². The van der Waals surface area contributed by atoms with Crippen LogP contribution in [-0.2, 0) is 0 Å². The molecular formula is C20H25N5O2. The average Bonchev–Trinajstić information content (AvgIpc) is 2.99. The lowest BCUT2D eigenvalue weighted by Gasteiger charge is -2.34. The Balaban J connectivity index is 1.77. The maximum absolute atomic E-state index is 13.0. The number of nitrogens with zero attached hydrogens (tertiary/aromatic N) is 4. The highest BCUT2D eigenvalue weighted by atomic mass is 16.3. The Labute approximate surface area is 158 Å². The molecule has 1 amide bonds. The lowest BCUT2D eigenvalue weighted by molar-refractivity contribution is 0.0677. The Morgan fingerprint density at radius 3 is 2.74 bits per heavy atom. The highest BCUT2D eigenvalue weighted by Gasteiger charge is 2.31. The second kappa shape index (κ2) is 8.16. The number of furan rings is 1. The average molecular weight is 367 g/mol. The molecule has 0 spiro atoms. The van der Waals surface area contributed by atoms with E-state index in [0.717, 1.165) is 30.6 Å². The topological polar surface area (TPSA) is 96.5 Å². The van der Waals surface area contributed by atoms with Gasteiger partial charge in [-0.25, -0.2) is 0 Å². The zero-order valence-corrected chi connectivity index (χ0v) is 16.0. The van der Waals surface area contributed by atoms with E-state index >= 15 is 0 Å². The van der Waals surface area contributed by atoms with Gasteiger partial charge in [-0.2, -0.15) is 0 Å². The molecule has 7 nitrogen and oxygen atoms in total. The predicted octanol–water partition coefficient (Wildman–Crippen LogP) is 4.26. The highest BCUT2D eigenvalue weighted by molar-refractivity contribution is 5.99. The van der Waals surface area contributed by atoms with E-state index < -0.39 is 0 Å². The van der Waals surface area contributed by atoms with Crippen molar-refractivity contribution in [1.82, 2.24) is 4.90 Å². The number of piperidine rings is 1. The molecule has 1 aromatic carbocycles. The van der Waals surface area contributed by atoms with Crippen molar-refractivity contribution in [3.63, 3.8) is 0 Å². The quantitative estimate of drug-likeness (QED) is 0.378. The van der Waals surface area contributed by atoms with Crippen LogP contribution in [0.2, 0.25) is 0 Å². The fourth-order valence-electron chi connectivity index (χ4n) is 3.36. The number of aryl methyl sites for hydroxylation is 3. The van der Waals surface area contributed by atoms with Crippen LogP contribution in [0.4, 0.5) is 5.69 Å². The predicted molar refractivity (Wildman–Crippen MR) is 104 cm³/mol. The van der Waals surface area contributed by atoms with E-state index in [9.17, 15) is 4.79 Å². The summed E-state index contributed by atoms with van der Waals surface area (Å²) in [5.74, 6) is 1.56. The van der Waals surface area contributed by atoms with Crippen LogP contribution in [0, 0.1) is 20.8 Å². The lowest BCUT2D eigenvalue weighted by atomic mass is 10.00. The molecular weight excluding hydrogens is 342 g/mol. The molecule has 3 rings (SSSR count). The van der Waals surface area contributed by atoms with E-state index in [-0.39, 0.29) is 11.9 Å². The first-order valence-corrected chi connectivity index (χ1v) is 9.14. The highest BCUT2D eigenvalue weighted by Crippen LogP contribution is 2.23.